The van der Waals surface area contributed by atoms with Gasteiger partial charge in [0.25, 0.3) is 0 Å². The Morgan fingerprint density at radius 3 is 2.22 bits per heavy atom. The topological polar surface area (TPSA) is 137 Å². The van der Waals surface area contributed by atoms with Gasteiger partial charge in [0.05, 0.1) is 0 Å². The van der Waals surface area contributed by atoms with Crippen molar-refractivity contribution >= 4 is 23.9 Å². The summed E-state index contributed by atoms with van der Waals surface area (Å²) < 4.78 is 5.65. The smallest absolute Gasteiger partial charge is 0.407 e. The zero-order chi connectivity index (χ0) is 28.9. The first-order chi connectivity index (χ1) is 19.8. The number of hydrogen-bond donors (Lipinski definition) is 4. The van der Waals surface area contributed by atoms with E-state index in [-0.39, 0.29) is 25.6 Å². The van der Waals surface area contributed by atoms with Crippen LogP contribution in [0.1, 0.15) is 22.6 Å². The molecule has 1 heterocycles. The van der Waals surface area contributed by atoms with Crippen LogP contribution < -0.4 is 16.0 Å². The van der Waals surface area contributed by atoms with Crippen LogP contribution >= 0.6 is 0 Å². The maximum atomic E-state index is 13.3. The molecule has 3 aromatic carbocycles. The van der Waals surface area contributed by atoms with Crippen LogP contribution in [0.3, 0.4) is 0 Å². The minimum atomic E-state index is -1.24. The Bertz CT molecular complexity index is 1400. The Balaban J connectivity index is 1.28. The fourth-order valence-corrected chi connectivity index (χ4v) is 5.52. The molecule has 10 heteroatoms. The first-order valence-electron chi connectivity index (χ1n) is 13.5. The van der Waals surface area contributed by atoms with Gasteiger partial charge in [0.15, 0.2) is 0 Å². The quantitative estimate of drug-likeness (QED) is 0.301. The van der Waals surface area contributed by atoms with Crippen LogP contribution in [0.5, 0.6) is 0 Å². The van der Waals surface area contributed by atoms with Crippen LogP contribution in [-0.2, 0) is 25.7 Å². The summed E-state index contributed by atoms with van der Waals surface area (Å²) in [6, 6.07) is 23.2. The molecule has 41 heavy (non-hydrogen) atoms. The molecule has 4 N–H and O–H groups in total. The van der Waals surface area contributed by atoms with Crippen molar-refractivity contribution in [2.75, 3.05) is 26.7 Å². The highest BCUT2D eigenvalue weighted by Crippen LogP contribution is 2.44. The number of aliphatic carboxylic acids is 1. The van der Waals surface area contributed by atoms with Gasteiger partial charge in [-0.2, -0.15) is 0 Å². The molecule has 2 aliphatic rings. The summed E-state index contributed by atoms with van der Waals surface area (Å²) in [4.78, 5) is 52.1. The summed E-state index contributed by atoms with van der Waals surface area (Å²) in [5.74, 6) is -3.71. The molecule has 3 aromatic rings. The maximum absolute atomic E-state index is 13.3. The number of carbonyl (C=O) groups is 4. The number of carboxylic acids is 1. The summed E-state index contributed by atoms with van der Waals surface area (Å²) in [5.41, 5.74) is 5.33. The average molecular weight is 557 g/mol. The molecule has 0 spiro atoms. The summed E-state index contributed by atoms with van der Waals surface area (Å²) >= 11 is 0. The number of ether oxygens (including phenoxy) is 1. The van der Waals surface area contributed by atoms with Gasteiger partial charge in [-0.05, 0) is 34.9 Å². The molecule has 3 atom stereocenters. The van der Waals surface area contributed by atoms with Gasteiger partial charge in [-0.1, -0.05) is 78.9 Å². The molecule has 1 aliphatic heterocycles. The lowest BCUT2D eigenvalue weighted by Crippen LogP contribution is -2.56. The number of benzene rings is 3. The van der Waals surface area contributed by atoms with E-state index < -0.39 is 41.9 Å². The molecule has 1 fully saturated rings. The number of carboxylic acid groups (broad SMARTS) is 1. The van der Waals surface area contributed by atoms with Crippen LogP contribution in [-0.4, -0.2) is 72.7 Å². The van der Waals surface area contributed by atoms with E-state index in [9.17, 15) is 24.3 Å². The van der Waals surface area contributed by atoms with Crippen molar-refractivity contribution in [3.63, 3.8) is 0 Å². The number of nitrogens with zero attached hydrogens (tertiary/aromatic N) is 1. The van der Waals surface area contributed by atoms with Crippen LogP contribution in [0, 0.1) is 5.92 Å². The molecule has 0 radical (unpaired) electrons. The first-order valence-corrected chi connectivity index (χ1v) is 13.5. The number of alkyl carbamates (subject to hydrolysis) is 1. The second kappa shape index (κ2) is 12.2. The Morgan fingerprint density at radius 1 is 0.976 bits per heavy atom. The van der Waals surface area contributed by atoms with Crippen molar-refractivity contribution in [2.24, 2.45) is 5.92 Å². The van der Waals surface area contributed by atoms with Crippen LogP contribution in [0.2, 0.25) is 0 Å². The van der Waals surface area contributed by atoms with E-state index in [0.717, 1.165) is 27.8 Å². The third-order valence-electron chi connectivity index (χ3n) is 7.54. The first kappa shape index (κ1) is 27.9. The van der Waals surface area contributed by atoms with Crippen molar-refractivity contribution in [3.05, 3.63) is 95.6 Å². The van der Waals surface area contributed by atoms with Gasteiger partial charge >= 0.3 is 12.1 Å². The molecule has 0 saturated carbocycles. The van der Waals surface area contributed by atoms with Crippen molar-refractivity contribution in [1.29, 1.82) is 0 Å². The van der Waals surface area contributed by atoms with Crippen LogP contribution in [0.15, 0.2) is 78.9 Å². The van der Waals surface area contributed by atoms with Crippen molar-refractivity contribution < 1.29 is 29.0 Å². The van der Waals surface area contributed by atoms with E-state index in [1.165, 1.54) is 0 Å². The van der Waals surface area contributed by atoms with Gasteiger partial charge in [-0.3, -0.25) is 19.3 Å². The highest BCUT2D eigenvalue weighted by Gasteiger charge is 2.41. The lowest BCUT2D eigenvalue weighted by molar-refractivity contribution is -0.143. The molecular weight excluding hydrogens is 524 g/mol. The Morgan fingerprint density at radius 2 is 1.59 bits per heavy atom. The van der Waals surface area contributed by atoms with Crippen molar-refractivity contribution in [2.45, 2.75) is 24.5 Å². The van der Waals surface area contributed by atoms with Gasteiger partial charge < -0.3 is 25.8 Å². The number of fused-ring (bicyclic) bond motifs is 3. The average Bonchev–Trinajstić information content (AvgIpc) is 3.49. The third kappa shape index (κ3) is 6.22. The van der Waals surface area contributed by atoms with E-state index in [1.807, 2.05) is 83.8 Å². The minimum Gasteiger partial charge on any atom is -0.481 e. The standard InChI is InChI=1S/C31H32N4O6/c1-35(16-19-9-3-2-4-10-19)17-26(28(36)34-27-24(30(38)39)15-32-29(27)37)33-31(40)41-18-25-22-13-7-5-11-20(22)21-12-6-8-14-23(21)25/h2-14,24-27H,15-18H2,1H3,(H,32,37)(H,33,40)(H,34,36)(H,38,39). The van der Waals surface area contributed by atoms with E-state index in [2.05, 4.69) is 16.0 Å². The number of carbonyl (C=O) groups excluding carboxylic acids is 3. The summed E-state index contributed by atoms with van der Waals surface area (Å²) in [5, 5.41) is 17.1. The zero-order valence-electron chi connectivity index (χ0n) is 22.6. The molecule has 1 saturated heterocycles. The Kier molecular flexibility index (Phi) is 8.30. The van der Waals surface area contributed by atoms with Crippen LogP contribution in [0.4, 0.5) is 4.79 Å². The molecule has 0 aromatic heterocycles. The van der Waals surface area contributed by atoms with Crippen LogP contribution in [0.25, 0.3) is 11.1 Å². The van der Waals surface area contributed by atoms with E-state index in [1.54, 1.807) is 7.05 Å². The van der Waals surface area contributed by atoms with Crippen molar-refractivity contribution in [1.82, 2.24) is 20.9 Å². The molecular formula is C31H32N4O6. The normalized spacial score (nSPS) is 18.2. The minimum absolute atomic E-state index is 0.0696. The van der Waals surface area contributed by atoms with Gasteiger partial charge in [0.2, 0.25) is 11.8 Å². The summed E-state index contributed by atoms with van der Waals surface area (Å²) in [7, 11) is 1.80. The highest BCUT2D eigenvalue weighted by molar-refractivity contribution is 5.96. The molecule has 10 nitrogen and oxygen atoms in total. The number of amides is 3. The molecule has 3 amide bonds. The number of rotatable bonds is 10. The van der Waals surface area contributed by atoms with E-state index in [4.69, 9.17) is 4.74 Å². The monoisotopic (exact) mass is 556 g/mol. The number of hydrogen-bond acceptors (Lipinski definition) is 6. The van der Waals surface area contributed by atoms with Crippen molar-refractivity contribution in [3.8, 4) is 11.1 Å². The van der Waals surface area contributed by atoms with Gasteiger partial charge in [0, 0.05) is 25.6 Å². The molecule has 1 aliphatic carbocycles. The molecule has 5 rings (SSSR count). The summed E-state index contributed by atoms with van der Waals surface area (Å²) in [6.45, 7) is 0.577. The molecule has 3 unspecified atom stereocenters. The lowest BCUT2D eigenvalue weighted by atomic mass is 9.98. The number of likely N-dealkylation sites (N-methyl/N-ethyl adjacent to an activating group) is 1. The van der Waals surface area contributed by atoms with Gasteiger partial charge in [-0.25, -0.2) is 4.79 Å². The Hall–Kier alpha value is -4.70. The Labute approximate surface area is 237 Å². The largest absolute Gasteiger partial charge is 0.481 e. The fourth-order valence-electron chi connectivity index (χ4n) is 5.52. The lowest BCUT2D eigenvalue weighted by Gasteiger charge is -2.26. The predicted octanol–water partition coefficient (Wildman–Crippen LogP) is 2.34. The van der Waals surface area contributed by atoms with E-state index in [0.29, 0.717) is 6.54 Å². The molecule has 212 valence electrons. The fraction of sp³-hybridized carbons (Fsp3) is 0.290. The molecule has 0 bridgehead atoms. The maximum Gasteiger partial charge on any atom is 0.407 e. The zero-order valence-corrected chi connectivity index (χ0v) is 22.6. The van der Waals surface area contributed by atoms with E-state index >= 15 is 0 Å². The highest BCUT2D eigenvalue weighted by atomic mass is 16.5. The predicted molar refractivity (Wildman–Crippen MR) is 151 cm³/mol. The number of nitrogens with one attached hydrogen (secondary N) is 3. The second-order valence-electron chi connectivity index (χ2n) is 10.4. The van der Waals surface area contributed by atoms with Gasteiger partial charge in [0.1, 0.15) is 24.6 Å². The summed E-state index contributed by atoms with van der Waals surface area (Å²) in [6.07, 6.45) is -0.786. The third-order valence-corrected chi connectivity index (χ3v) is 7.54. The van der Waals surface area contributed by atoms with Gasteiger partial charge in [-0.15, -0.1) is 0 Å². The second-order valence-corrected chi connectivity index (χ2v) is 10.4. The SMILES string of the molecule is CN(Cc1ccccc1)CC(NC(=O)OCC1c2ccccc2-c2ccccc21)C(=O)NC1C(=O)NCC1C(=O)O.